The Morgan fingerprint density at radius 2 is 2.38 bits per heavy atom. The molecule has 0 spiro atoms. The summed E-state index contributed by atoms with van der Waals surface area (Å²) >= 11 is 1.60. The number of nitrogens with zero attached hydrogens (tertiary/aromatic N) is 1. The van der Waals surface area contributed by atoms with E-state index in [-0.39, 0.29) is 6.41 Å². The Kier molecular flexibility index (Phi) is 5.41. The average molecular weight is 130 g/mol. The van der Waals surface area contributed by atoms with E-state index >= 15 is 0 Å². The Bertz CT molecular complexity index is 100. The van der Waals surface area contributed by atoms with Crippen LogP contribution in [0.25, 0.3) is 0 Å². The van der Waals surface area contributed by atoms with Gasteiger partial charge in [0.05, 0.1) is 5.51 Å². The normalized spacial score (nSPS) is 6.50. The molecule has 4 heteroatoms. The van der Waals surface area contributed by atoms with E-state index in [9.17, 15) is 0 Å². The molecule has 0 bridgehead atoms. The van der Waals surface area contributed by atoms with Gasteiger partial charge >= 0.3 is 0 Å². The Balaban J connectivity index is 0.000000145. The predicted molar refractivity (Wildman–Crippen MR) is 32.4 cm³/mol. The fourth-order valence-electron chi connectivity index (χ4n) is 0.176. The fraction of sp³-hybridized carbons (Fsp3) is 0. The number of nitrogens with two attached hydrogens (primary N) is 1. The average Bonchev–Trinajstić information content (AvgIpc) is 2.17. The summed E-state index contributed by atoms with van der Waals surface area (Å²) < 4.78 is 0. The zero-order chi connectivity index (χ0) is 6.24. The van der Waals surface area contributed by atoms with Crippen molar-refractivity contribution in [3.05, 3.63) is 17.1 Å². The molecule has 0 aliphatic heterocycles. The van der Waals surface area contributed by atoms with Gasteiger partial charge in [-0.1, -0.05) is 0 Å². The SMILES string of the molecule is NC=O.c1cscn1. The molecule has 44 valence electrons. The molecule has 0 fully saturated rings. The van der Waals surface area contributed by atoms with Crippen molar-refractivity contribution in [3.8, 4) is 0 Å². The highest BCUT2D eigenvalue weighted by Crippen LogP contribution is 1.85. The molecule has 0 aromatic carbocycles. The number of aromatic nitrogens is 1. The minimum Gasteiger partial charge on any atom is -0.372 e. The van der Waals surface area contributed by atoms with Gasteiger partial charge in [-0.25, -0.2) is 0 Å². The van der Waals surface area contributed by atoms with E-state index in [1.807, 2.05) is 5.38 Å². The van der Waals surface area contributed by atoms with Crippen LogP contribution < -0.4 is 5.73 Å². The van der Waals surface area contributed by atoms with Crippen LogP contribution in [0.1, 0.15) is 0 Å². The standard InChI is InChI=1S/C3H3NS.CH3NO/c1-2-5-3-4-1;2-1-3/h1-3H;1H,(H2,2,3). The molecular formula is C4H6N2OS. The highest BCUT2D eigenvalue weighted by atomic mass is 32.1. The van der Waals surface area contributed by atoms with Crippen LogP contribution in [0.15, 0.2) is 17.1 Å². The molecule has 0 aliphatic carbocycles. The van der Waals surface area contributed by atoms with Gasteiger partial charge in [0.25, 0.3) is 0 Å². The van der Waals surface area contributed by atoms with Gasteiger partial charge in [-0.15, -0.1) is 11.3 Å². The van der Waals surface area contributed by atoms with Crippen LogP contribution in [0.2, 0.25) is 0 Å². The number of hydrogen-bond acceptors (Lipinski definition) is 3. The summed E-state index contributed by atoms with van der Waals surface area (Å²) in [5, 5.41) is 1.93. The second kappa shape index (κ2) is 6.10. The third-order valence-corrected chi connectivity index (χ3v) is 0.869. The zero-order valence-corrected chi connectivity index (χ0v) is 4.97. The second-order valence-electron chi connectivity index (χ2n) is 0.812. The molecule has 0 unspecified atom stereocenters. The maximum atomic E-state index is 8.58. The molecule has 0 aliphatic rings. The van der Waals surface area contributed by atoms with E-state index in [1.165, 1.54) is 0 Å². The number of carbonyl (C=O) groups is 1. The summed E-state index contributed by atoms with van der Waals surface area (Å²) in [6.45, 7) is 0. The topological polar surface area (TPSA) is 56.0 Å². The largest absolute Gasteiger partial charge is 0.372 e. The van der Waals surface area contributed by atoms with Crippen LogP contribution in [0, 0.1) is 0 Å². The van der Waals surface area contributed by atoms with Crippen LogP contribution >= 0.6 is 11.3 Å². The van der Waals surface area contributed by atoms with Crippen molar-refractivity contribution in [2.45, 2.75) is 0 Å². The summed E-state index contributed by atoms with van der Waals surface area (Å²) in [7, 11) is 0. The second-order valence-corrected chi connectivity index (χ2v) is 1.57. The third-order valence-electron chi connectivity index (χ3n) is 0.347. The Labute approximate surface area is 51.2 Å². The van der Waals surface area contributed by atoms with E-state index in [1.54, 1.807) is 23.0 Å². The van der Waals surface area contributed by atoms with E-state index in [4.69, 9.17) is 4.79 Å². The molecule has 0 radical (unpaired) electrons. The molecule has 1 aromatic heterocycles. The van der Waals surface area contributed by atoms with Crippen molar-refractivity contribution >= 4 is 17.7 Å². The smallest absolute Gasteiger partial charge is 0.204 e. The van der Waals surface area contributed by atoms with Crippen LogP contribution in [-0.2, 0) is 4.79 Å². The number of amides is 1. The van der Waals surface area contributed by atoms with E-state index in [0.717, 1.165) is 0 Å². The van der Waals surface area contributed by atoms with Crippen molar-refractivity contribution in [1.82, 2.24) is 4.98 Å². The minimum atomic E-state index is 0.250. The first-order valence-corrected chi connectivity index (χ1v) is 2.83. The molecule has 1 heterocycles. The van der Waals surface area contributed by atoms with E-state index < -0.39 is 0 Å². The predicted octanol–water partition coefficient (Wildman–Crippen LogP) is 0.245. The highest BCUT2D eigenvalue weighted by Gasteiger charge is 1.59. The summed E-state index contributed by atoms with van der Waals surface area (Å²) in [5.41, 5.74) is 5.96. The lowest BCUT2D eigenvalue weighted by Gasteiger charge is -1.41. The molecule has 0 saturated heterocycles. The zero-order valence-electron chi connectivity index (χ0n) is 4.15. The molecule has 0 saturated carbocycles. The van der Waals surface area contributed by atoms with Crippen LogP contribution in [0.4, 0.5) is 0 Å². The van der Waals surface area contributed by atoms with Gasteiger partial charge in [-0.3, -0.25) is 9.78 Å². The van der Waals surface area contributed by atoms with Gasteiger partial charge in [0.1, 0.15) is 0 Å². The molecule has 2 N–H and O–H groups in total. The van der Waals surface area contributed by atoms with Crippen molar-refractivity contribution in [3.63, 3.8) is 0 Å². The lowest BCUT2D eigenvalue weighted by atomic mass is 11.0. The maximum Gasteiger partial charge on any atom is 0.204 e. The van der Waals surface area contributed by atoms with Gasteiger partial charge in [-0.2, -0.15) is 0 Å². The summed E-state index contributed by atoms with van der Waals surface area (Å²) in [6.07, 6.45) is 2.02. The van der Waals surface area contributed by atoms with Crippen LogP contribution in [-0.4, -0.2) is 11.4 Å². The Hall–Kier alpha value is -0.900. The number of hydrogen-bond donors (Lipinski definition) is 1. The van der Waals surface area contributed by atoms with Gasteiger partial charge in [0.15, 0.2) is 0 Å². The first-order chi connectivity index (χ1) is 3.91. The Morgan fingerprint density at radius 1 is 1.75 bits per heavy atom. The maximum absolute atomic E-state index is 8.58. The summed E-state index contributed by atoms with van der Waals surface area (Å²) in [4.78, 5) is 12.3. The van der Waals surface area contributed by atoms with Crippen molar-refractivity contribution in [2.24, 2.45) is 5.73 Å². The van der Waals surface area contributed by atoms with Gasteiger partial charge in [-0.05, 0) is 0 Å². The molecule has 1 amide bonds. The third kappa shape index (κ3) is 5.10. The van der Waals surface area contributed by atoms with Crippen molar-refractivity contribution < 1.29 is 4.79 Å². The summed E-state index contributed by atoms with van der Waals surface area (Å²) in [5.74, 6) is 0. The van der Waals surface area contributed by atoms with Gasteiger partial charge < -0.3 is 5.73 Å². The quantitative estimate of drug-likeness (QED) is 0.511. The van der Waals surface area contributed by atoms with Crippen LogP contribution in [0.5, 0.6) is 0 Å². The number of carbonyl (C=O) groups excluding carboxylic acids is 1. The first kappa shape index (κ1) is 7.10. The lowest BCUT2D eigenvalue weighted by Crippen LogP contribution is -1.82. The van der Waals surface area contributed by atoms with E-state index in [2.05, 4.69) is 10.7 Å². The molecule has 8 heavy (non-hydrogen) atoms. The number of rotatable bonds is 0. The first-order valence-electron chi connectivity index (χ1n) is 1.89. The molecule has 3 nitrogen and oxygen atoms in total. The van der Waals surface area contributed by atoms with Crippen molar-refractivity contribution in [1.29, 1.82) is 0 Å². The number of primary amides is 1. The van der Waals surface area contributed by atoms with Crippen molar-refractivity contribution in [2.75, 3.05) is 0 Å². The molecule has 0 atom stereocenters. The molecular weight excluding hydrogens is 124 g/mol. The van der Waals surface area contributed by atoms with Gasteiger partial charge in [0.2, 0.25) is 6.41 Å². The Morgan fingerprint density at radius 3 is 2.50 bits per heavy atom. The van der Waals surface area contributed by atoms with E-state index in [0.29, 0.717) is 0 Å². The summed E-state index contributed by atoms with van der Waals surface area (Å²) in [6, 6.07) is 0. The fourth-order valence-corrected chi connectivity index (χ4v) is 0.527. The lowest BCUT2D eigenvalue weighted by molar-refractivity contribution is -0.106. The van der Waals surface area contributed by atoms with Gasteiger partial charge in [0, 0.05) is 11.6 Å². The highest BCUT2D eigenvalue weighted by molar-refractivity contribution is 7.07. The monoisotopic (exact) mass is 130 g/mol. The minimum absolute atomic E-state index is 0.250. The molecule has 1 aromatic rings. The number of thiazole rings is 1. The van der Waals surface area contributed by atoms with Crippen LogP contribution in [0.3, 0.4) is 0 Å². The molecule has 1 rings (SSSR count).